The van der Waals surface area contributed by atoms with Gasteiger partial charge in [0.15, 0.2) is 0 Å². The number of carbonyl (C=O) groups is 2. The summed E-state index contributed by atoms with van der Waals surface area (Å²) in [6.45, 7) is 3.48. The van der Waals surface area contributed by atoms with E-state index in [-0.39, 0.29) is 42.0 Å². The third-order valence-corrected chi connectivity index (χ3v) is 7.56. The zero-order valence-corrected chi connectivity index (χ0v) is 22.8. The van der Waals surface area contributed by atoms with E-state index in [1.165, 1.54) is 11.8 Å². The molecule has 2 heterocycles. The number of hydrogen-bond acceptors (Lipinski definition) is 8. The van der Waals surface area contributed by atoms with Gasteiger partial charge >= 0.3 is 5.97 Å². The van der Waals surface area contributed by atoms with Crippen LogP contribution in [0.5, 0.6) is 0 Å². The highest BCUT2D eigenvalue weighted by Crippen LogP contribution is 2.41. The molecule has 0 saturated heterocycles. The lowest BCUT2D eigenvalue weighted by Gasteiger charge is -2.20. The van der Waals surface area contributed by atoms with Crippen molar-refractivity contribution in [3.05, 3.63) is 113 Å². The Morgan fingerprint density at radius 2 is 1.80 bits per heavy atom. The van der Waals surface area contributed by atoms with Crippen molar-refractivity contribution in [3.63, 3.8) is 0 Å². The number of amides is 1. The van der Waals surface area contributed by atoms with E-state index in [0.717, 1.165) is 17.5 Å². The number of rotatable bonds is 9. The van der Waals surface area contributed by atoms with Crippen LogP contribution in [0.2, 0.25) is 0 Å². The minimum atomic E-state index is -0.746. The molecule has 1 unspecified atom stereocenters. The number of esters is 1. The molecule has 1 aliphatic heterocycles. The topological polar surface area (TPSA) is 125 Å². The molecule has 1 fully saturated rings. The number of hydrogen-bond donors (Lipinski definition) is 4. The molecule has 0 bridgehead atoms. The minimum Gasteiger partial charge on any atom is -0.451 e. The van der Waals surface area contributed by atoms with Gasteiger partial charge in [-0.1, -0.05) is 60.7 Å². The second-order valence-electron chi connectivity index (χ2n) is 10.9. The third kappa shape index (κ3) is 5.49. The molecule has 6 rings (SSSR count). The number of cyclic esters (lactones) is 1. The number of carbonyl (C=O) groups excluding carboxylic acids is 2. The first-order chi connectivity index (χ1) is 19.8. The van der Waals surface area contributed by atoms with E-state index in [1.54, 1.807) is 12.1 Å². The molecule has 3 aromatic carbocycles. The molecule has 1 aromatic heterocycles. The number of aromatic nitrogens is 2. The van der Waals surface area contributed by atoms with Gasteiger partial charge in [0.05, 0.1) is 18.2 Å². The van der Waals surface area contributed by atoms with E-state index in [9.17, 15) is 14.7 Å². The van der Waals surface area contributed by atoms with Gasteiger partial charge in [0.2, 0.25) is 5.95 Å². The Bertz CT molecular complexity index is 1590. The summed E-state index contributed by atoms with van der Waals surface area (Å²) in [5.74, 6) is 0.177. The highest BCUT2D eigenvalue weighted by molar-refractivity contribution is 5.99. The molecule has 0 spiro atoms. The molecule has 3 atom stereocenters. The number of aliphatic hydroxyl groups is 1. The Labute approximate surface area is 238 Å². The Balaban J connectivity index is 1.27. The summed E-state index contributed by atoms with van der Waals surface area (Å²) in [7, 11) is 0. The maximum absolute atomic E-state index is 13.4. The van der Waals surface area contributed by atoms with Crippen LogP contribution >= 0.6 is 0 Å². The fourth-order valence-electron chi connectivity index (χ4n) is 5.24. The van der Waals surface area contributed by atoms with Crippen molar-refractivity contribution < 1.29 is 19.4 Å². The number of fused-ring (bicyclic) bond motifs is 1. The van der Waals surface area contributed by atoms with Crippen LogP contribution in [0, 0.1) is 0 Å². The highest BCUT2D eigenvalue weighted by atomic mass is 16.6. The number of nitrogens with zero attached hydrogens (tertiary/aromatic N) is 2. The lowest BCUT2D eigenvalue weighted by Crippen LogP contribution is -2.29. The maximum atomic E-state index is 13.4. The molecule has 9 nitrogen and oxygen atoms in total. The first kappa shape index (κ1) is 26.5. The zero-order chi connectivity index (χ0) is 28.6. The average Bonchev–Trinajstić information content (AvgIpc) is 3.70. The normalized spacial score (nSPS) is 19.0. The summed E-state index contributed by atoms with van der Waals surface area (Å²) in [4.78, 5) is 34.7. The second kappa shape index (κ2) is 10.7. The molecule has 208 valence electrons. The molecule has 1 saturated carbocycles. The number of ether oxygens (including phenoxy) is 1. The predicted octanol–water partition coefficient (Wildman–Crippen LogP) is 5.06. The summed E-state index contributed by atoms with van der Waals surface area (Å²) in [6, 6.07) is 24.5. The van der Waals surface area contributed by atoms with Crippen LogP contribution in [-0.4, -0.2) is 39.6 Å². The van der Waals surface area contributed by atoms with Crippen LogP contribution < -0.4 is 16.0 Å². The number of anilines is 3. The molecule has 1 amide bonds. The van der Waals surface area contributed by atoms with Gasteiger partial charge in [0, 0.05) is 29.4 Å². The first-order valence-corrected chi connectivity index (χ1v) is 13.6. The summed E-state index contributed by atoms with van der Waals surface area (Å²) >= 11 is 0. The van der Waals surface area contributed by atoms with Gasteiger partial charge in [-0.05, 0) is 49.6 Å². The number of nitrogens with one attached hydrogen (secondary N) is 3. The van der Waals surface area contributed by atoms with Crippen molar-refractivity contribution in [2.24, 2.45) is 0 Å². The monoisotopic (exact) mass is 549 g/mol. The molecule has 4 N–H and O–H groups in total. The lowest BCUT2D eigenvalue weighted by atomic mass is 9.95. The average molecular weight is 550 g/mol. The van der Waals surface area contributed by atoms with Crippen molar-refractivity contribution in [2.75, 3.05) is 17.2 Å². The van der Waals surface area contributed by atoms with Crippen molar-refractivity contribution in [2.45, 2.75) is 43.9 Å². The fraction of sp³-hybridized carbons (Fsp3) is 0.250. The molecular weight excluding hydrogens is 518 g/mol. The van der Waals surface area contributed by atoms with E-state index in [4.69, 9.17) is 4.74 Å². The fourth-order valence-corrected chi connectivity index (χ4v) is 5.24. The number of aliphatic hydroxyl groups excluding tert-OH is 1. The van der Waals surface area contributed by atoms with E-state index >= 15 is 0 Å². The van der Waals surface area contributed by atoms with Crippen molar-refractivity contribution in [1.29, 1.82) is 0 Å². The Hall–Kier alpha value is -4.76. The maximum Gasteiger partial charge on any atom is 0.339 e. The SMILES string of the molecule is CC1(C)OC(=O)c2ccc(Nc3ncc(C(=O)N[C@H]4C[C@@H]4c4ccccc4)c(NC(CO)c4ccccc4)n3)cc21. The van der Waals surface area contributed by atoms with E-state index in [1.807, 2.05) is 68.4 Å². The Kier molecular flexibility index (Phi) is 6.88. The van der Waals surface area contributed by atoms with Gasteiger partial charge in [-0.25, -0.2) is 9.78 Å². The smallest absolute Gasteiger partial charge is 0.339 e. The van der Waals surface area contributed by atoms with E-state index in [0.29, 0.717) is 17.1 Å². The lowest BCUT2D eigenvalue weighted by molar-refractivity contribution is 0.00953. The zero-order valence-electron chi connectivity index (χ0n) is 22.8. The molecule has 1 aliphatic carbocycles. The van der Waals surface area contributed by atoms with Crippen LogP contribution in [0.15, 0.2) is 85.1 Å². The van der Waals surface area contributed by atoms with Gasteiger partial charge in [-0.2, -0.15) is 4.98 Å². The largest absolute Gasteiger partial charge is 0.451 e. The quantitative estimate of drug-likeness (QED) is 0.214. The summed E-state index contributed by atoms with van der Waals surface area (Å²) in [5, 5.41) is 19.7. The minimum absolute atomic E-state index is 0.0259. The second-order valence-corrected chi connectivity index (χ2v) is 10.9. The first-order valence-electron chi connectivity index (χ1n) is 13.6. The standard InChI is InChI=1S/C32H31N5O4/c1-32(2)25-15-21(13-14-22(25)30(40)41-32)34-31-33-17-24(28(37-31)35-27(18-38)20-11-7-4-8-12-20)29(39)36-26-16-23(26)19-9-5-3-6-10-19/h3-15,17,23,26-27,38H,16,18H2,1-2H3,(H,36,39)(H2,33,34,35,37)/t23-,26+,27?/m1/s1. The van der Waals surface area contributed by atoms with Gasteiger partial charge in [0.25, 0.3) is 5.91 Å². The van der Waals surface area contributed by atoms with Crippen molar-refractivity contribution >= 4 is 29.3 Å². The van der Waals surface area contributed by atoms with Crippen LogP contribution in [-0.2, 0) is 10.3 Å². The third-order valence-electron chi connectivity index (χ3n) is 7.56. The molecule has 0 radical (unpaired) electrons. The van der Waals surface area contributed by atoms with Crippen molar-refractivity contribution in [1.82, 2.24) is 15.3 Å². The van der Waals surface area contributed by atoms with E-state index < -0.39 is 11.6 Å². The molecule has 41 heavy (non-hydrogen) atoms. The van der Waals surface area contributed by atoms with Gasteiger partial charge in [-0.15, -0.1) is 0 Å². The van der Waals surface area contributed by atoms with Crippen LogP contribution in [0.1, 0.15) is 69.6 Å². The van der Waals surface area contributed by atoms with Gasteiger partial charge in [0.1, 0.15) is 17.0 Å². The Morgan fingerprint density at radius 1 is 1.07 bits per heavy atom. The van der Waals surface area contributed by atoms with E-state index in [2.05, 4.69) is 38.1 Å². The summed E-state index contributed by atoms with van der Waals surface area (Å²) in [5.41, 5.74) is 3.54. The molecule has 9 heteroatoms. The van der Waals surface area contributed by atoms with Crippen LogP contribution in [0.3, 0.4) is 0 Å². The number of benzene rings is 3. The van der Waals surface area contributed by atoms with Gasteiger partial charge < -0.3 is 25.8 Å². The van der Waals surface area contributed by atoms with Crippen molar-refractivity contribution in [3.8, 4) is 0 Å². The molecule has 4 aromatic rings. The van der Waals surface area contributed by atoms with Crippen LogP contribution in [0.25, 0.3) is 0 Å². The predicted molar refractivity (Wildman–Crippen MR) is 155 cm³/mol. The summed E-state index contributed by atoms with van der Waals surface area (Å²) in [6.07, 6.45) is 2.35. The molecule has 2 aliphatic rings. The highest BCUT2D eigenvalue weighted by Gasteiger charge is 2.40. The van der Waals surface area contributed by atoms with Gasteiger partial charge in [-0.3, -0.25) is 4.79 Å². The Morgan fingerprint density at radius 3 is 2.54 bits per heavy atom. The molecular formula is C32H31N5O4. The van der Waals surface area contributed by atoms with Crippen LogP contribution in [0.4, 0.5) is 17.5 Å². The summed E-state index contributed by atoms with van der Waals surface area (Å²) < 4.78 is 5.48.